The number of methoxy groups -OCH3 is 1. The maximum Gasteiger partial charge on any atom is 0.296 e. The summed E-state index contributed by atoms with van der Waals surface area (Å²) in [5, 5.41) is 13.1. The lowest BCUT2D eigenvalue weighted by atomic mass is 9.95. The molecule has 1 N–H and O–H groups in total. The van der Waals surface area contributed by atoms with E-state index in [2.05, 4.69) is 4.98 Å². The monoisotopic (exact) mass is 492 g/mol. The molecule has 1 amide bonds. The molecule has 0 spiro atoms. The van der Waals surface area contributed by atoms with E-state index in [1.165, 1.54) is 34.7 Å². The van der Waals surface area contributed by atoms with Crippen molar-refractivity contribution in [3.63, 3.8) is 0 Å². The van der Waals surface area contributed by atoms with E-state index in [0.717, 1.165) is 4.70 Å². The smallest absolute Gasteiger partial charge is 0.296 e. The molecule has 7 nitrogen and oxygen atoms in total. The van der Waals surface area contributed by atoms with Gasteiger partial charge in [0, 0.05) is 5.56 Å². The Hall–Kier alpha value is -3.69. The lowest BCUT2D eigenvalue weighted by Crippen LogP contribution is -2.31. The molecule has 2 aromatic carbocycles. The van der Waals surface area contributed by atoms with Crippen LogP contribution in [0.25, 0.3) is 10.2 Å². The van der Waals surface area contributed by atoms with E-state index in [-0.39, 0.29) is 5.57 Å². The highest BCUT2D eigenvalue weighted by Crippen LogP contribution is 2.46. The lowest BCUT2D eigenvalue weighted by Gasteiger charge is -2.25. The van der Waals surface area contributed by atoms with Gasteiger partial charge < -0.3 is 14.6 Å². The number of anilines is 1. The van der Waals surface area contributed by atoms with E-state index in [0.29, 0.717) is 39.2 Å². The molecule has 3 heterocycles. The minimum atomic E-state index is -0.898. The van der Waals surface area contributed by atoms with Crippen molar-refractivity contribution in [3.8, 4) is 11.5 Å². The SMILES string of the molecule is CCOc1ccc2nc(N3C(=O)C(O)=C(C(=O)c4cccs4)[C@H]3c3ccccc3OC)sc2c1. The maximum atomic E-state index is 13.5. The van der Waals surface area contributed by atoms with E-state index in [1.54, 1.807) is 41.8 Å². The van der Waals surface area contributed by atoms with Crippen molar-refractivity contribution in [1.29, 1.82) is 0 Å². The number of para-hydroxylation sites is 1. The molecule has 5 rings (SSSR count). The van der Waals surface area contributed by atoms with E-state index < -0.39 is 23.5 Å². The molecule has 0 unspecified atom stereocenters. The first-order valence-corrected chi connectivity index (χ1v) is 12.2. The van der Waals surface area contributed by atoms with Crippen molar-refractivity contribution in [2.45, 2.75) is 13.0 Å². The van der Waals surface area contributed by atoms with Crippen molar-refractivity contribution < 1.29 is 24.2 Å². The quantitative estimate of drug-likeness (QED) is 0.340. The van der Waals surface area contributed by atoms with E-state index in [1.807, 2.05) is 25.1 Å². The number of thiophene rings is 1. The summed E-state index contributed by atoms with van der Waals surface area (Å²) >= 11 is 2.54. The minimum absolute atomic E-state index is 0.00575. The van der Waals surface area contributed by atoms with Gasteiger partial charge in [0.15, 0.2) is 10.9 Å². The highest BCUT2D eigenvalue weighted by molar-refractivity contribution is 7.22. The third-order valence-electron chi connectivity index (χ3n) is 5.50. The number of ether oxygens (including phenoxy) is 2. The van der Waals surface area contributed by atoms with Gasteiger partial charge in [-0.05, 0) is 42.6 Å². The van der Waals surface area contributed by atoms with Crippen molar-refractivity contribution in [1.82, 2.24) is 4.98 Å². The van der Waals surface area contributed by atoms with Crippen LogP contribution >= 0.6 is 22.7 Å². The highest BCUT2D eigenvalue weighted by Gasteiger charge is 2.47. The fourth-order valence-electron chi connectivity index (χ4n) is 4.01. The molecule has 0 bridgehead atoms. The predicted molar refractivity (Wildman–Crippen MR) is 132 cm³/mol. The number of thiazole rings is 1. The number of carbonyl (C=O) groups excluding carboxylic acids is 2. The van der Waals surface area contributed by atoms with Gasteiger partial charge in [-0.2, -0.15) is 0 Å². The van der Waals surface area contributed by atoms with Crippen LogP contribution in [0.3, 0.4) is 0 Å². The number of Topliss-reactive ketones (excluding diaryl/α,β-unsaturated/α-hetero) is 1. The topological polar surface area (TPSA) is 89.0 Å². The third-order valence-corrected chi connectivity index (χ3v) is 7.38. The molecular formula is C25H20N2O5S2. The Morgan fingerprint density at radius 3 is 2.74 bits per heavy atom. The van der Waals surface area contributed by atoms with Gasteiger partial charge in [0.2, 0.25) is 5.78 Å². The standard InChI is InChI=1S/C25H20N2O5S2/c1-3-32-14-10-11-16-19(13-14)34-25(26-16)27-21(15-7-4-5-8-17(15)31-2)20(23(29)24(27)30)22(28)18-9-6-12-33-18/h4-13,21,29H,3H2,1-2H3/t21-/m1/s1. The number of hydrogen-bond acceptors (Lipinski definition) is 8. The Bertz CT molecular complexity index is 1420. The summed E-state index contributed by atoms with van der Waals surface area (Å²) in [6.07, 6.45) is 0. The second kappa shape index (κ2) is 8.92. The summed E-state index contributed by atoms with van der Waals surface area (Å²) in [4.78, 5) is 33.3. The summed E-state index contributed by atoms with van der Waals surface area (Å²) in [5.41, 5.74) is 1.27. The van der Waals surface area contributed by atoms with Gasteiger partial charge in [0.25, 0.3) is 5.91 Å². The first-order chi connectivity index (χ1) is 16.5. The zero-order valence-corrected chi connectivity index (χ0v) is 20.0. The van der Waals surface area contributed by atoms with E-state index in [9.17, 15) is 14.7 Å². The molecule has 1 aliphatic heterocycles. The predicted octanol–water partition coefficient (Wildman–Crippen LogP) is 5.55. The Kier molecular flexibility index (Phi) is 5.80. The van der Waals surface area contributed by atoms with Gasteiger partial charge >= 0.3 is 0 Å². The number of ketones is 1. The zero-order chi connectivity index (χ0) is 23.8. The lowest BCUT2D eigenvalue weighted by molar-refractivity contribution is -0.117. The highest BCUT2D eigenvalue weighted by atomic mass is 32.1. The molecule has 34 heavy (non-hydrogen) atoms. The van der Waals surface area contributed by atoms with Crippen molar-refractivity contribution in [2.75, 3.05) is 18.6 Å². The van der Waals surface area contributed by atoms with Gasteiger partial charge in [-0.3, -0.25) is 14.5 Å². The molecule has 1 aliphatic rings. The van der Waals surface area contributed by atoms with Crippen LogP contribution in [0.1, 0.15) is 28.2 Å². The van der Waals surface area contributed by atoms with Crippen LogP contribution in [0.2, 0.25) is 0 Å². The van der Waals surface area contributed by atoms with Crippen LogP contribution in [0.15, 0.2) is 71.3 Å². The van der Waals surface area contributed by atoms with Gasteiger partial charge in [-0.25, -0.2) is 4.98 Å². The number of amides is 1. The molecule has 2 aromatic heterocycles. The molecule has 4 aromatic rings. The number of aliphatic hydroxyl groups is 1. The Balaban J connectivity index is 1.68. The average Bonchev–Trinajstić information content (AvgIpc) is 3.58. The number of benzene rings is 2. The Morgan fingerprint density at radius 2 is 2.00 bits per heavy atom. The van der Waals surface area contributed by atoms with E-state index in [4.69, 9.17) is 9.47 Å². The summed E-state index contributed by atoms with van der Waals surface area (Å²) in [6, 6.07) is 15.2. The summed E-state index contributed by atoms with van der Waals surface area (Å²) in [7, 11) is 1.53. The number of nitrogens with zero attached hydrogens (tertiary/aromatic N) is 2. The second-order valence-electron chi connectivity index (χ2n) is 7.45. The second-order valence-corrected chi connectivity index (χ2v) is 9.40. The first-order valence-electron chi connectivity index (χ1n) is 10.5. The normalized spacial score (nSPS) is 15.9. The molecular weight excluding hydrogens is 472 g/mol. The molecule has 172 valence electrons. The molecule has 9 heteroatoms. The number of aliphatic hydroxyl groups excluding tert-OH is 1. The minimum Gasteiger partial charge on any atom is -0.503 e. The van der Waals surface area contributed by atoms with Crippen LogP contribution in [0.5, 0.6) is 11.5 Å². The van der Waals surface area contributed by atoms with Crippen LogP contribution in [0.4, 0.5) is 5.13 Å². The summed E-state index contributed by atoms with van der Waals surface area (Å²) in [6.45, 7) is 2.44. The van der Waals surface area contributed by atoms with Crippen molar-refractivity contribution >= 4 is 49.7 Å². The Morgan fingerprint density at radius 1 is 1.18 bits per heavy atom. The van der Waals surface area contributed by atoms with Crippen molar-refractivity contribution in [2.24, 2.45) is 0 Å². The number of aromatic nitrogens is 1. The van der Waals surface area contributed by atoms with Gasteiger partial charge in [0.1, 0.15) is 17.5 Å². The van der Waals surface area contributed by atoms with Crippen molar-refractivity contribution in [3.05, 3.63) is 81.8 Å². The number of fused-ring (bicyclic) bond motifs is 1. The maximum absolute atomic E-state index is 13.5. The molecule has 0 saturated heterocycles. The number of rotatable bonds is 7. The van der Waals surface area contributed by atoms with Gasteiger partial charge in [-0.15, -0.1) is 11.3 Å². The molecule has 0 fully saturated rings. The van der Waals surface area contributed by atoms with Gasteiger partial charge in [-0.1, -0.05) is 35.6 Å². The third kappa shape index (κ3) is 3.63. The number of hydrogen-bond donors (Lipinski definition) is 1. The molecule has 0 saturated carbocycles. The molecule has 1 atom stereocenters. The van der Waals surface area contributed by atoms with Crippen LogP contribution in [-0.4, -0.2) is 35.5 Å². The first kappa shape index (κ1) is 22.1. The van der Waals surface area contributed by atoms with Crippen LogP contribution in [0, 0.1) is 0 Å². The fourth-order valence-corrected chi connectivity index (χ4v) is 5.71. The molecule has 0 aliphatic carbocycles. The van der Waals surface area contributed by atoms with Crippen LogP contribution < -0.4 is 14.4 Å². The Labute approximate surface area is 203 Å². The summed E-state index contributed by atoms with van der Waals surface area (Å²) in [5.74, 6) is -0.465. The van der Waals surface area contributed by atoms with E-state index >= 15 is 0 Å². The van der Waals surface area contributed by atoms with Crippen LogP contribution in [-0.2, 0) is 4.79 Å². The zero-order valence-electron chi connectivity index (χ0n) is 18.3. The number of carbonyl (C=O) groups is 2. The molecule has 0 radical (unpaired) electrons. The summed E-state index contributed by atoms with van der Waals surface area (Å²) < 4.78 is 12.0. The largest absolute Gasteiger partial charge is 0.503 e. The van der Waals surface area contributed by atoms with Gasteiger partial charge in [0.05, 0.1) is 34.4 Å². The average molecular weight is 493 g/mol. The fraction of sp³-hybridized carbons (Fsp3) is 0.160.